The van der Waals surface area contributed by atoms with Crippen molar-refractivity contribution in [1.29, 1.82) is 0 Å². The van der Waals surface area contributed by atoms with E-state index >= 15 is 0 Å². The van der Waals surface area contributed by atoms with Gasteiger partial charge in [-0.1, -0.05) is 44.2 Å². The maximum absolute atomic E-state index is 13.1. The number of carbonyl (C=O) groups excluding carboxylic acids is 4. The van der Waals surface area contributed by atoms with Crippen LogP contribution in [-0.2, 0) is 30.4 Å². The van der Waals surface area contributed by atoms with E-state index in [1.54, 1.807) is 24.3 Å². The number of carboxylic acid groups (broad SMARTS) is 1. The molecule has 14 heteroatoms. The van der Waals surface area contributed by atoms with E-state index in [1.165, 1.54) is 0 Å². The van der Waals surface area contributed by atoms with Crippen LogP contribution in [0.5, 0.6) is 0 Å². The Morgan fingerprint density at radius 3 is 1.97 bits per heavy atom. The van der Waals surface area contributed by atoms with Gasteiger partial charge in [-0.25, -0.2) is 4.79 Å². The predicted molar refractivity (Wildman–Crippen MR) is 145 cm³/mol. The molecule has 0 aliphatic heterocycles. The third-order valence-corrected chi connectivity index (χ3v) is 5.57. The molecule has 0 radical (unpaired) electrons. The molecule has 216 valence electrons. The number of guanidine groups is 1. The van der Waals surface area contributed by atoms with Gasteiger partial charge in [0.1, 0.15) is 18.1 Å². The predicted octanol–water partition coefficient (Wildman–Crippen LogP) is -1.93. The van der Waals surface area contributed by atoms with Crippen molar-refractivity contribution in [3.05, 3.63) is 35.9 Å². The fourth-order valence-corrected chi connectivity index (χ4v) is 3.66. The van der Waals surface area contributed by atoms with Gasteiger partial charge in [0.05, 0.1) is 12.5 Å². The lowest BCUT2D eigenvalue weighted by atomic mass is 10.0. The van der Waals surface area contributed by atoms with Crippen LogP contribution < -0.4 is 38.9 Å². The second-order valence-corrected chi connectivity index (χ2v) is 9.57. The monoisotopic (exact) mass is 548 g/mol. The second kappa shape index (κ2) is 16.6. The number of aliphatic imine (C=N–C) groups is 1. The highest BCUT2D eigenvalue weighted by molar-refractivity contribution is 5.96. The fourth-order valence-electron chi connectivity index (χ4n) is 3.66. The molecule has 4 amide bonds. The number of rotatable bonds is 17. The van der Waals surface area contributed by atoms with Crippen LogP contribution in [0.3, 0.4) is 0 Å². The number of primary amides is 1. The van der Waals surface area contributed by atoms with E-state index in [0.29, 0.717) is 0 Å². The van der Waals surface area contributed by atoms with Gasteiger partial charge in [0.15, 0.2) is 5.96 Å². The van der Waals surface area contributed by atoms with Crippen molar-refractivity contribution >= 4 is 35.6 Å². The van der Waals surface area contributed by atoms with Crippen molar-refractivity contribution in [2.45, 2.75) is 70.1 Å². The number of amides is 4. The molecule has 1 aromatic rings. The summed E-state index contributed by atoms with van der Waals surface area (Å²) in [5.41, 5.74) is 22.6. The molecule has 0 aliphatic rings. The molecule has 0 aliphatic carbocycles. The molecule has 0 fully saturated rings. The van der Waals surface area contributed by atoms with E-state index in [9.17, 15) is 29.1 Å². The lowest BCUT2D eigenvalue weighted by molar-refractivity contribution is -0.142. The summed E-state index contributed by atoms with van der Waals surface area (Å²) in [6.45, 7) is 3.79. The van der Waals surface area contributed by atoms with E-state index in [2.05, 4.69) is 20.9 Å². The average Bonchev–Trinajstić information content (AvgIpc) is 2.84. The van der Waals surface area contributed by atoms with Gasteiger partial charge < -0.3 is 44.0 Å². The number of hydrogen-bond donors (Lipinski definition) is 8. The van der Waals surface area contributed by atoms with Crippen LogP contribution in [0, 0.1) is 5.92 Å². The van der Waals surface area contributed by atoms with Crippen LogP contribution in [0.1, 0.15) is 45.1 Å². The van der Waals surface area contributed by atoms with E-state index in [1.807, 2.05) is 19.9 Å². The Kier molecular flexibility index (Phi) is 14.0. The molecular formula is C25H40N8O6. The van der Waals surface area contributed by atoms with Crippen LogP contribution in [-0.4, -0.2) is 71.4 Å². The van der Waals surface area contributed by atoms with Crippen molar-refractivity contribution in [1.82, 2.24) is 16.0 Å². The number of carbonyl (C=O) groups is 5. The van der Waals surface area contributed by atoms with Crippen LogP contribution >= 0.6 is 0 Å². The molecule has 39 heavy (non-hydrogen) atoms. The summed E-state index contributed by atoms with van der Waals surface area (Å²) < 4.78 is 0. The third-order valence-electron chi connectivity index (χ3n) is 5.57. The largest absolute Gasteiger partial charge is 0.480 e. The molecule has 0 saturated carbocycles. The second-order valence-electron chi connectivity index (χ2n) is 9.57. The highest BCUT2D eigenvalue weighted by Crippen LogP contribution is 2.09. The Morgan fingerprint density at radius 1 is 0.872 bits per heavy atom. The molecule has 14 nitrogen and oxygen atoms in total. The van der Waals surface area contributed by atoms with Crippen LogP contribution in [0.4, 0.5) is 0 Å². The van der Waals surface area contributed by atoms with E-state index in [4.69, 9.17) is 22.9 Å². The first-order chi connectivity index (χ1) is 18.3. The molecule has 0 aromatic heterocycles. The van der Waals surface area contributed by atoms with E-state index in [-0.39, 0.29) is 44.1 Å². The molecule has 0 heterocycles. The Balaban J connectivity index is 2.94. The number of nitrogens with one attached hydrogen (secondary N) is 3. The lowest BCUT2D eigenvalue weighted by Crippen LogP contribution is -2.58. The number of carboxylic acids is 1. The molecule has 1 rings (SSSR count). The van der Waals surface area contributed by atoms with E-state index < -0.39 is 60.2 Å². The summed E-state index contributed by atoms with van der Waals surface area (Å²) in [6, 6.07) is 4.18. The zero-order chi connectivity index (χ0) is 29.5. The Labute approximate surface area is 227 Å². The molecular weight excluding hydrogens is 508 g/mol. The summed E-state index contributed by atoms with van der Waals surface area (Å²) in [4.78, 5) is 65.8. The molecule has 1 aromatic carbocycles. The number of hydrogen-bond acceptors (Lipinski definition) is 7. The molecule has 4 unspecified atom stereocenters. The van der Waals surface area contributed by atoms with Crippen molar-refractivity contribution in [3.63, 3.8) is 0 Å². The topological polar surface area (TPSA) is 258 Å². The normalized spacial score (nSPS) is 13.8. The number of benzene rings is 1. The van der Waals surface area contributed by atoms with E-state index in [0.717, 1.165) is 5.56 Å². The zero-order valence-corrected chi connectivity index (χ0v) is 22.3. The summed E-state index contributed by atoms with van der Waals surface area (Å²) in [6.07, 6.45) is 0.138. The number of aliphatic carboxylic acids is 1. The minimum atomic E-state index is -1.39. The van der Waals surface area contributed by atoms with Crippen molar-refractivity contribution in [2.24, 2.45) is 33.8 Å². The average molecular weight is 549 g/mol. The van der Waals surface area contributed by atoms with Crippen molar-refractivity contribution in [2.75, 3.05) is 6.54 Å². The smallest absolute Gasteiger partial charge is 0.326 e. The Bertz CT molecular complexity index is 1010. The van der Waals surface area contributed by atoms with Gasteiger partial charge in [-0.2, -0.15) is 0 Å². The Morgan fingerprint density at radius 2 is 1.44 bits per heavy atom. The van der Waals surface area contributed by atoms with Gasteiger partial charge in [-0.05, 0) is 37.2 Å². The molecule has 0 saturated heterocycles. The number of nitrogens with two attached hydrogens (primary N) is 4. The first kappa shape index (κ1) is 32.8. The quantitative estimate of drug-likeness (QED) is 0.0611. The van der Waals surface area contributed by atoms with Crippen molar-refractivity contribution < 1.29 is 29.1 Å². The van der Waals surface area contributed by atoms with Gasteiger partial charge in [0, 0.05) is 6.54 Å². The Hall–Kier alpha value is -4.20. The standard InChI is InChI=1S/C25H40N8O6/c1-14(2)11-18(22(36)31-17(24(38)39)9-6-10-30-25(28)29)33-23(37)19(13-20(27)34)32-21(35)16(26)12-15-7-4-3-5-8-15/h3-5,7-8,14,16-19H,6,9-13,26H2,1-2H3,(H2,27,34)(H,31,36)(H,32,35)(H,33,37)(H,38,39)(H4,28,29,30). The van der Waals surface area contributed by atoms with Gasteiger partial charge in [-0.3, -0.25) is 24.2 Å². The molecule has 4 atom stereocenters. The SMILES string of the molecule is CC(C)CC(NC(=O)C(CC(N)=O)NC(=O)C(N)Cc1ccccc1)C(=O)NC(CCCN=C(N)N)C(=O)O. The number of nitrogens with zero attached hydrogens (tertiary/aromatic N) is 1. The summed E-state index contributed by atoms with van der Waals surface area (Å²) >= 11 is 0. The fraction of sp³-hybridized carbons (Fsp3) is 0.520. The van der Waals surface area contributed by atoms with Crippen LogP contribution in [0.15, 0.2) is 35.3 Å². The highest BCUT2D eigenvalue weighted by Gasteiger charge is 2.31. The molecule has 0 spiro atoms. The minimum absolute atomic E-state index is 0.0415. The minimum Gasteiger partial charge on any atom is -0.480 e. The summed E-state index contributed by atoms with van der Waals surface area (Å²) in [5, 5.41) is 16.9. The van der Waals surface area contributed by atoms with Crippen LogP contribution in [0.2, 0.25) is 0 Å². The van der Waals surface area contributed by atoms with Gasteiger partial charge in [0.25, 0.3) is 0 Å². The first-order valence-corrected chi connectivity index (χ1v) is 12.6. The van der Waals surface area contributed by atoms with Gasteiger partial charge in [0.2, 0.25) is 23.6 Å². The van der Waals surface area contributed by atoms with Gasteiger partial charge in [-0.15, -0.1) is 0 Å². The summed E-state index contributed by atoms with van der Waals surface area (Å²) in [5.74, 6) is -4.60. The third kappa shape index (κ3) is 13.2. The zero-order valence-electron chi connectivity index (χ0n) is 22.3. The van der Waals surface area contributed by atoms with Crippen molar-refractivity contribution in [3.8, 4) is 0 Å². The maximum atomic E-state index is 13.1. The maximum Gasteiger partial charge on any atom is 0.326 e. The highest BCUT2D eigenvalue weighted by atomic mass is 16.4. The summed E-state index contributed by atoms with van der Waals surface area (Å²) in [7, 11) is 0. The van der Waals surface area contributed by atoms with Gasteiger partial charge >= 0.3 is 5.97 Å². The molecule has 12 N–H and O–H groups in total. The molecule has 0 bridgehead atoms. The lowest BCUT2D eigenvalue weighted by Gasteiger charge is -2.25. The first-order valence-electron chi connectivity index (χ1n) is 12.6. The van der Waals surface area contributed by atoms with Crippen LogP contribution in [0.25, 0.3) is 0 Å².